The molecule has 0 aliphatic carbocycles. The van der Waals surface area contributed by atoms with E-state index < -0.39 is 43.1 Å². The van der Waals surface area contributed by atoms with Gasteiger partial charge in [-0.15, -0.1) is 0 Å². The molecule has 12 heteroatoms. The van der Waals surface area contributed by atoms with Crippen LogP contribution >= 0.6 is 67.8 Å². The third-order valence-electron chi connectivity index (χ3n) is 3.62. The predicted molar refractivity (Wildman–Crippen MR) is 128 cm³/mol. The molecule has 1 rings (SSSR count). The van der Waals surface area contributed by atoms with Crippen molar-refractivity contribution in [2.75, 3.05) is 18.5 Å². The summed E-state index contributed by atoms with van der Waals surface area (Å²) in [5.74, 6) is -1.64. The first-order chi connectivity index (χ1) is 13.0. The highest BCUT2D eigenvalue weighted by atomic mass is 127. The van der Waals surface area contributed by atoms with Gasteiger partial charge in [-0.1, -0.05) is 0 Å². The van der Waals surface area contributed by atoms with E-state index in [0.29, 0.717) is 27.5 Å². The van der Waals surface area contributed by atoms with E-state index in [-0.39, 0.29) is 12.8 Å². The van der Waals surface area contributed by atoms with Crippen LogP contribution in [0.1, 0.15) is 18.1 Å². The lowest BCUT2D eigenvalue weighted by Gasteiger charge is -2.21. The summed E-state index contributed by atoms with van der Waals surface area (Å²) in [6, 6.07) is -0.786. The summed E-state index contributed by atoms with van der Waals surface area (Å²) in [4.78, 5) is 35.8. The van der Waals surface area contributed by atoms with Crippen molar-refractivity contribution < 1.29 is 29.7 Å². The van der Waals surface area contributed by atoms with E-state index in [1.54, 1.807) is 0 Å². The number of carbonyl (C=O) groups is 3. The first kappa shape index (κ1) is 25.7. The van der Waals surface area contributed by atoms with Gasteiger partial charge in [0, 0.05) is 10.7 Å². The molecule has 0 radical (unpaired) electrons. The van der Waals surface area contributed by atoms with E-state index in [4.69, 9.17) is 15.9 Å². The molecule has 0 aliphatic heterocycles. The van der Waals surface area contributed by atoms with E-state index in [0.717, 1.165) is 0 Å². The number of nitrogens with two attached hydrogens (primary N) is 1. The zero-order valence-corrected chi connectivity index (χ0v) is 21.2. The molecule has 0 saturated heterocycles. The Hall–Kier alpha value is -0.300. The second kappa shape index (κ2) is 11.8. The number of anilines is 1. The molecule has 7 N–H and O–H groups in total. The number of halogens is 3. The molecule has 9 nitrogen and oxygen atoms in total. The average molecular weight is 731 g/mol. The van der Waals surface area contributed by atoms with E-state index in [9.17, 15) is 19.5 Å². The summed E-state index contributed by atoms with van der Waals surface area (Å²) in [7, 11) is 0. The van der Waals surface area contributed by atoms with Gasteiger partial charge in [0.1, 0.15) is 6.10 Å². The number of primary amides is 1. The lowest BCUT2D eigenvalue weighted by Crippen LogP contribution is -2.41. The lowest BCUT2D eigenvalue weighted by atomic mass is 10.0. The van der Waals surface area contributed by atoms with Crippen LogP contribution < -0.4 is 16.4 Å². The third-order valence-corrected chi connectivity index (χ3v) is 7.30. The van der Waals surface area contributed by atoms with Crippen molar-refractivity contribution in [1.29, 1.82) is 0 Å². The molecule has 1 aromatic rings. The molecule has 1 unspecified atom stereocenters. The van der Waals surface area contributed by atoms with Crippen LogP contribution in [0, 0.1) is 10.7 Å². The molecule has 28 heavy (non-hydrogen) atoms. The Morgan fingerprint density at radius 2 is 1.50 bits per heavy atom. The van der Waals surface area contributed by atoms with Crippen LogP contribution in [0.25, 0.3) is 0 Å². The topological polar surface area (TPSA) is 162 Å². The molecule has 0 saturated carbocycles. The fraction of sp³-hybridized carbons (Fsp3) is 0.438. The van der Waals surface area contributed by atoms with Gasteiger partial charge in [0.2, 0.25) is 11.8 Å². The van der Waals surface area contributed by atoms with Crippen LogP contribution in [0.5, 0.6) is 0 Å². The largest absolute Gasteiger partial charge is 0.394 e. The van der Waals surface area contributed by atoms with E-state index >= 15 is 0 Å². The van der Waals surface area contributed by atoms with E-state index in [1.165, 1.54) is 6.92 Å². The summed E-state index contributed by atoms with van der Waals surface area (Å²) < 4.78 is 1.82. The van der Waals surface area contributed by atoms with Crippen LogP contribution in [0.4, 0.5) is 5.69 Å². The van der Waals surface area contributed by atoms with Gasteiger partial charge in [-0.3, -0.25) is 14.4 Å². The van der Waals surface area contributed by atoms with E-state index in [2.05, 4.69) is 10.6 Å². The Bertz CT molecular complexity index is 769. The highest BCUT2D eigenvalue weighted by molar-refractivity contribution is 14.1. The molecule has 0 bridgehead atoms. The van der Waals surface area contributed by atoms with Crippen molar-refractivity contribution in [3.8, 4) is 0 Å². The first-order valence-electron chi connectivity index (χ1n) is 7.99. The Labute approximate surface area is 202 Å². The molecule has 1 aromatic carbocycles. The minimum absolute atomic E-state index is 0.0878. The maximum absolute atomic E-state index is 12.3. The lowest BCUT2D eigenvalue weighted by molar-refractivity contribution is -0.123. The molecule has 1 atom stereocenters. The summed E-state index contributed by atoms with van der Waals surface area (Å²) in [5.41, 5.74) is 6.85. The highest BCUT2D eigenvalue weighted by Crippen LogP contribution is 2.36. The number of nitrogens with one attached hydrogen (secondary N) is 2. The molecule has 0 spiro atoms. The van der Waals surface area contributed by atoms with Crippen LogP contribution in [-0.4, -0.2) is 58.4 Å². The quantitative estimate of drug-likeness (QED) is 0.194. The fourth-order valence-corrected chi connectivity index (χ4v) is 6.38. The Kier molecular flexibility index (Phi) is 10.8. The monoisotopic (exact) mass is 731 g/mol. The maximum Gasteiger partial charge on any atom is 0.252 e. The number of benzene rings is 1. The van der Waals surface area contributed by atoms with Crippen LogP contribution in [-0.2, 0) is 27.2 Å². The molecule has 0 aromatic heterocycles. The third kappa shape index (κ3) is 6.89. The zero-order valence-electron chi connectivity index (χ0n) is 14.8. The molecule has 0 fully saturated rings. The van der Waals surface area contributed by atoms with Gasteiger partial charge >= 0.3 is 0 Å². The molecule has 3 amide bonds. The van der Waals surface area contributed by atoms with Crippen molar-refractivity contribution in [2.45, 2.75) is 31.9 Å². The second-order valence-electron chi connectivity index (χ2n) is 5.89. The number of hydrogen-bond acceptors (Lipinski definition) is 6. The minimum atomic E-state index is -1.24. The fourth-order valence-electron chi connectivity index (χ4n) is 2.18. The van der Waals surface area contributed by atoms with Gasteiger partial charge in [-0.25, -0.2) is 0 Å². The first-order valence-corrected chi connectivity index (χ1v) is 11.2. The normalized spacial score (nSPS) is 12.0. The number of carbonyl (C=O) groups excluding carboxylic acids is 3. The molecule has 156 valence electrons. The van der Waals surface area contributed by atoms with Gasteiger partial charge in [-0.05, 0) is 85.8 Å². The summed E-state index contributed by atoms with van der Waals surface area (Å²) in [6.07, 6.45) is -1.44. The summed E-state index contributed by atoms with van der Waals surface area (Å²) in [6.45, 7) is 0.502. The standard InChI is InChI=1S/C16H20I3N3O6/c1-6(25)16(28)22-15-13(18)8(2-10(20)26)12(17)9(14(15)19)3-11(27)21-7(4-23)5-24/h6-7,23-25H,2-5H2,1H3,(H2,20,26)(H,21,27)(H,22,28). The van der Waals surface area contributed by atoms with Crippen molar-refractivity contribution in [3.05, 3.63) is 21.8 Å². The molecule has 0 heterocycles. The number of amides is 3. The van der Waals surface area contributed by atoms with Gasteiger partial charge < -0.3 is 31.7 Å². The van der Waals surface area contributed by atoms with Gasteiger partial charge in [0.15, 0.2) is 0 Å². The zero-order chi connectivity index (χ0) is 21.6. The maximum atomic E-state index is 12.3. The highest BCUT2D eigenvalue weighted by Gasteiger charge is 2.25. The minimum Gasteiger partial charge on any atom is -0.394 e. The Morgan fingerprint density at radius 3 is 1.93 bits per heavy atom. The average Bonchev–Trinajstić information content (AvgIpc) is 2.63. The number of hydrogen-bond donors (Lipinski definition) is 6. The second-order valence-corrected chi connectivity index (χ2v) is 9.12. The molecular weight excluding hydrogens is 711 g/mol. The Balaban J connectivity index is 3.42. The number of rotatable bonds is 9. The predicted octanol–water partition coefficient (Wildman–Crippen LogP) is -0.141. The van der Waals surface area contributed by atoms with Gasteiger partial charge in [0.05, 0.1) is 37.8 Å². The van der Waals surface area contributed by atoms with Crippen molar-refractivity contribution in [2.24, 2.45) is 5.73 Å². The summed E-state index contributed by atoms with van der Waals surface area (Å²) >= 11 is 5.98. The number of aliphatic hydroxyl groups excluding tert-OH is 3. The van der Waals surface area contributed by atoms with Crippen molar-refractivity contribution >= 4 is 91.2 Å². The van der Waals surface area contributed by atoms with Gasteiger partial charge in [0.25, 0.3) is 5.91 Å². The van der Waals surface area contributed by atoms with Crippen LogP contribution in [0.2, 0.25) is 0 Å². The smallest absolute Gasteiger partial charge is 0.252 e. The SMILES string of the molecule is CC(O)C(=O)Nc1c(I)c(CC(N)=O)c(I)c(CC(=O)NC(CO)CO)c1I. The van der Waals surface area contributed by atoms with Crippen LogP contribution in [0.15, 0.2) is 0 Å². The summed E-state index contributed by atoms with van der Waals surface area (Å²) in [5, 5.41) is 32.9. The molecule has 0 aliphatic rings. The van der Waals surface area contributed by atoms with Crippen molar-refractivity contribution in [1.82, 2.24) is 5.32 Å². The van der Waals surface area contributed by atoms with Gasteiger partial charge in [-0.2, -0.15) is 0 Å². The molecular formula is C16H20I3N3O6. The van der Waals surface area contributed by atoms with E-state index in [1.807, 2.05) is 67.8 Å². The number of aliphatic hydroxyl groups is 3. The van der Waals surface area contributed by atoms with Crippen LogP contribution in [0.3, 0.4) is 0 Å². The Morgan fingerprint density at radius 1 is 1.00 bits per heavy atom. The van der Waals surface area contributed by atoms with Crippen molar-refractivity contribution in [3.63, 3.8) is 0 Å².